The van der Waals surface area contributed by atoms with E-state index in [1.165, 1.54) is 0 Å². The molecule has 1 rings (SSSR count). The lowest BCUT2D eigenvalue weighted by Crippen LogP contribution is -2.49. The van der Waals surface area contributed by atoms with Gasteiger partial charge in [0, 0.05) is 5.56 Å². The number of quaternary nitrogens is 1. The largest absolute Gasteiger partial charge is 0.488 e. The normalized spacial score (nSPS) is 13.3. The second kappa shape index (κ2) is 10.3. The van der Waals surface area contributed by atoms with Gasteiger partial charge in [0.1, 0.15) is 19.7 Å². The molecule has 0 spiro atoms. The van der Waals surface area contributed by atoms with E-state index in [1.54, 1.807) is 12.1 Å². The van der Waals surface area contributed by atoms with Crippen LogP contribution in [0.15, 0.2) is 24.3 Å². The van der Waals surface area contributed by atoms with E-state index >= 15 is 0 Å². The second-order valence-corrected chi connectivity index (χ2v) is 8.80. The van der Waals surface area contributed by atoms with Gasteiger partial charge < -0.3 is 19.3 Å². The molecule has 0 saturated heterocycles. The molecule has 0 heterocycles. The van der Waals surface area contributed by atoms with Crippen molar-refractivity contribution < 1.29 is 24.1 Å². The van der Waals surface area contributed by atoms with Gasteiger partial charge >= 0.3 is 13.1 Å². The summed E-state index contributed by atoms with van der Waals surface area (Å²) in [7, 11) is -1.44. The Kier molecular flexibility index (Phi) is 8.99. The molecule has 2 N–H and O–H groups in total. The molecule has 1 atom stereocenters. The highest BCUT2D eigenvalue weighted by molar-refractivity contribution is 6.58. The summed E-state index contributed by atoms with van der Waals surface area (Å²) in [5, 5.41) is 18.5. The van der Waals surface area contributed by atoms with Gasteiger partial charge in [-0.15, -0.1) is 0 Å². The van der Waals surface area contributed by atoms with Gasteiger partial charge in [-0.25, -0.2) is 0 Å². The fraction of sp³-hybridized carbons (Fsp3) is 0.667. The van der Waals surface area contributed by atoms with Crippen LogP contribution in [0.3, 0.4) is 0 Å². The van der Waals surface area contributed by atoms with E-state index in [0.29, 0.717) is 12.1 Å². The minimum Gasteiger partial charge on any atom is -0.459 e. The standard InChI is InChI=1S/C21H37BNO4/c1-7-23(8-2,16-18-9-11-19(12-10-18)22(25)26)13-14-27-20(24)17(3)15-21(4,5)6/h9-12,17,25-26H,7-8,13-16H2,1-6H3/q+1. The zero-order chi connectivity index (χ0) is 20.7. The maximum Gasteiger partial charge on any atom is 0.488 e. The first kappa shape index (κ1) is 23.7. The van der Waals surface area contributed by atoms with Crippen molar-refractivity contribution in [3.63, 3.8) is 0 Å². The van der Waals surface area contributed by atoms with Gasteiger partial charge in [0.05, 0.1) is 19.0 Å². The molecule has 1 unspecified atom stereocenters. The van der Waals surface area contributed by atoms with Crippen molar-refractivity contribution in [1.29, 1.82) is 0 Å². The fourth-order valence-corrected chi connectivity index (χ4v) is 3.51. The summed E-state index contributed by atoms with van der Waals surface area (Å²) >= 11 is 0. The minimum absolute atomic E-state index is 0.0902. The van der Waals surface area contributed by atoms with Crippen LogP contribution in [-0.2, 0) is 16.1 Å². The number of carbonyl (C=O) groups excluding carboxylic acids is 1. The summed E-state index contributed by atoms with van der Waals surface area (Å²) in [6.07, 6.45) is 0.816. The van der Waals surface area contributed by atoms with Gasteiger partial charge in [0.2, 0.25) is 0 Å². The number of benzene rings is 1. The van der Waals surface area contributed by atoms with E-state index in [1.807, 2.05) is 19.1 Å². The molecule has 6 heteroatoms. The third-order valence-electron chi connectivity index (χ3n) is 5.27. The average molecular weight is 378 g/mol. The Hall–Kier alpha value is -1.37. The van der Waals surface area contributed by atoms with Crippen LogP contribution in [-0.4, -0.2) is 53.9 Å². The summed E-state index contributed by atoms with van der Waals surface area (Å²) in [4.78, 5) is 12.3. The van der Waals surface area contributed by atoms with Gasteiger partial charge in [-0.3, -0.25) is 4.79 Å². The lowest BCUT2D eigenvalue weighted by molar-refractivity contribution is -0.937. The maximum atomic E-state index is 12.3. The molecule has 0 aliphatic heterocycles. The highest BCUT2D eigenvalue weighted by Crippen LogP contribution is 2.25. The van der Waals surface area contributed by atoms with Crippen molar-refractivity contribution >= 4 is 18.6 Å². The summed E-state index contributed by atoms with van der Waals surface area (Å²) in [6, 6.07) is 7.36. The predicted octanol–water partition coefficient (Wildman–Crippen LogP) is 2.34. The first-order valence-corrected chi connectivity index (χ1v) is 9.98. The molecule has 0 aliphatic carbocycles. The van der Waals surface area contributed by atoms with Crippen LogP contribution < -0.4 is 5.46 Å². The van der Waals surface area contributed by atoms with Crippen LogP contribution in [0, 0.1) is 11.3 Å². The Morgan fingerprint density at radius 3 is 2.15 bits per heavy atom. The summed E-state index contributed by atoms with van der Waals surface area (Å²) in [5.41, 5.74) is 1.74. The number of ether oxygens (including phenoxy) is 1. The van der Waals surface area contributed by atoms with Crippen LogP contribution in [0.1, 0.15) is 53.5 Å². The average Bonchev–Trinajstić information content (AvgIpc) is 2.59. The third-order valence-corrected chi connectivity index (χ3v) is 5.27. The summed E-state index contributed by atoms with van der Waals surface area (Å²) in [5.74, 6) is -0.205. The number of likely N-dealkylation sites (N-methyl/N-ethyl adjacent to an activating group) is 1. The van der Waals surface area contributed by atoms with Crippen molar-refractivity contribution in [2.75, 3.05) is 26.2 Å². The molecular formula is C21H37BNO4+. The lowest BCUT2D eigenvalue weighted by atomic mass is 9.80. The molecule has 0 fully saturated rings. The third kappa shape index (κ3) is 8.03. The Bertz CT molecular complexity index is 577. The van der Waals surface area contributed by atoms with Gasteiger partial charge in [-0.2, -0.15) is 0 Å². The Morgan fingerprint density at radius 2 is 1.70 bits per heavy atom. The quantitative estimate of drug-likeness (QED) is 0.373. The maximum absolute atomic E-state index is 12.3. The number of esters is 1. The highest BCUT2D eigenvalue weighted by Gasteiger charge is 2.26. The number of nitrogens with zero attached hydrogens (tertiary/aromatic N) is 1. The van der Waals surface area contributed by atoms with Crippen molar-refractivity contribution in [2.45, 2.75) is 54.5 Å². The van der Waals surface area contributed by atoms with E-state index in [0.717, 1.165) is 42.6 Å². The monoisotopic (exact) mass is 378 g/mol. The van der Waals surface area contributed by atoms with E-state index < -0.39 is 7.12 Å². The molecule has 152 valence electrons. The molecule has 0 radical (unpaired) electrons. The van der Waals surface area contributed by atoms with Crippen LogP contribution in [0.25, 0.3) is 0 Å². The molecule has 0 saturated carbocycles. The molecule has 1 aromatic carbocycles. The van der Waals surface area contributed by atoms with Crippen molar-refractivity contribution in [2.24, 2.45) is 11.3 Å². The van der Waals surface area contributed by atoms with E-state index in [4.69, 9.17) is 4.74 Å². The van der Waals surface area contributed by atoms with Gasteiger partial charge in [0.15, 0.2) is 0 Å². The van der Waals surface area contributed by atoms with Crippen LogP contribution in [0.4, 0.5) is 0 Å². The van der Waals surface area contributed by atoms with Crippen molar-refractivity contribution in [3.05, 3.63) is 29.8 Å². The van der Waals surface area contributed by atoms with Crippen molar-refractivity contribution in [3.8, 4) is 0 Å². The van der Waals surface area contributed by atoms with E-state index in [2.05, 4.69) is 34.6 Å². The molecular weight excluding hydrogens is 341 g/mol. The lowest BCUT2D eigenvalue weighted by Gasteiger charge is -2.37. The second-order valence-electron chi connectivity index (χ2n) is 8.80. The molecule has 0 amide bonds. The highest BCUT2D eigenvalue weighted by atomic mass is 16.5. The molecule has 0 bridgehead atoms. The molecule has 1 aromatic rings. The van der Waals surface area contributed by atoms with Crippen LogP contribution in [0.5, 0.6) is 0 Å². The zero-order valence-electron chi connectivity index (χ0n) is 17.9. The smallest absolute Gasteiger partial charge is 0.459 e. The Morgan fingerprint density at radius 1 is 1.15 bits per heavy atom. The van der Waals surface area contributed by atoms with Crippen LogP contribution >= 0.6 is 0 Å². The van der Waals surface area contributed by atoms with Gasteiger partial charge in [-0.1, -0.05) is 52.0 Å². The number of hydrogen-bond acceptors (Lipinski definition) is 4. The van der Waals surface area contributed by atoms with Crippen molar-refractivity contribution in [1.82, 2.24) is 0 Å². The molecule has 0 aromatic heterocycles. The zero-order valence-corrected chi connectivity index (χ0v) is 17.9. The Balaban J connectivity index is 2.65. The first-order chi connectivity index (χ1) is 12.5. The SMILES string of the molecule is CC[N+](CC)(CCOC(=O)C(C)CC(C)(C)C)Cc1ccc(B(O)O)cc1. The summed E-state index contributed by atoms with van der Waals surface area (Å²) < 4.78 is 6.40. The number of carbonyl (C=O) groups is 1. The summed E-state index contributed by atoms with van der Waals surface area (Å²) in [6.45, 7) is 16.5. The van der Waals surface area contributed by atoms with E-state index in [9.17, 15) is 14.8 Å². The number of hydrogen-bond donors (Lipinski definition) is 2. The predicted molar refractivity (Wildman–Crippen MR) is 110 cm³/mol. The minimum atomic E-state index is -1.44. The van der Waals surface area contributed by atoms with Gasteiger partial charge in [-0.05, 0) is 31.1 Å². The first-order valence-electron chi connectivity index (χ1n) is 9.98. The van der Waals surface area contributed by atoms with Gasteiger partial charge in [0.25, 0.3) is 0 Å². The number of rotatable bonds is 10. The topological polar surface area (TPSA) is 66.8 Å². The fourth-order valence-electron chi connectivity index (χ4n) is 3.51. The van der Waals surface area contributed by atoms with E-state index in [-0.39, 0.29) is 17.3 Å². The Labute approximate surface area is 165 Å². The molecule has 0 aliphatic rings. The molecule has 27 heavy (non-hydrogen) atoms. The molecule has 5 nitrogen and oxygen atoms in total. The van der Waals surface area contributed by atoms with Crippen LogP contribution in [0.2, 0.25) is 0 Å².